The van der Waals surface area contributed by atoms with Crippen molar-refractivity contribution in [2.45, 2.75) is 26.3 Å². The molecule has 3 heterocycles. The van der Waals surface area contributed by atoms with Crippen molar-refractivity contribution >= 4 is 11.2 Å². The van der Waals surface area contributed by atoms with E-state index >= 15 is 0 Å². The summed E-state index contributed by atoms with van der Waals surface area (Å²) in [4.78, 5) is 12.9. The minimum Gasteiger partial charge on any atom is -0.494 e. The molecule has 32 heavy (non-hydrogen) atoms. The van der Waals surface area contributed by atoms with E-state index in [-0.39, 0.29) is 18.0 Å². The van der Waals surface area contributed by atoms with Gasteiger partial charge in [-0.15, -0.1) is 5.10 Å². The van der Waals surface area contributed by atoms with Gasteiger partial charge >= 0.3 is 5.69 Å². The zero-order valence-corrected chi connectivity index (χ0v) is 18.0. The summed E-state index contributed by atoms with van der Waals surface area (Å²) in [5.74, 6) is 0.138. The maximum absolute atomic E-state index is 14.0. The Balaban J connectivity index is 1.55. The fourth-order valence-electron chi connectivity index (χ4n) is 3.80. The summed E-state index contributed by atoms with van der Waals surface area (Å²) in [7, 11) is 1.41. The number of nitrogens with zero attached hydrogens (tertiary/aromatic N) is 5. The van der Waals surface area contributed by atoms with Gasteiger partial charge < -0.3 is 4.74 Å². The van der Waals surface area contributed by atoms with Crippen LogP contribution in [0.2, 0.25) is 0 Å². The van der Waals surface area contributed by atoms with Crippen LogP contribution < -0.4 is 10.4 Å². The van der Waals surface area contributed by atoms with E-state index in [0.717, 1.165) is 11.3 Å². The quantitative estimate of drug-likeness (QED) is 0.420. The van der Waals surface area contributed by atoms with Gasteiger partial charge in [-0.2, -0.15) is 5.10 Å². The summed E-state index contributed by atoms with van der Waals surface area (Å²) in [5, 5.41) is 9.15. The van der Waals surface area contributed by atoms with Crippen LogP contribution in [-0.4, -0.2) is 30.9 Å². The molecule has 0 aliphatic heterocycles. The van der Waals surface area contributed by atoms with Crippen LogP contribution in [0.25, 0.3) is 22.4 Å². The Morgan fingerprint density at radius 1 is 1.03 bits per heavy atom. The molecular weight excluding hydrogens is 409 g/mol. The Morgan fingerprint density at radius 2 is 1.81 bits per heavy atom. The lowest BCUT2D eigenvalue weighted by Crippen LogP contribution is -2.21. The predicted molar refractivity (Wildman–Crippen MR) is 120 cm³/mol. The van der Waals surface area contributed by atoms with Crippen molar-refractivity contribution in [1.82, 2.24) is 23.8 Å². The van der Waals surface area contributed by atoms with Gasteiger partial charge in [0.15, 0.2) is 17.2 Å². The molecule has 162 valence electrons. The lowest BCUT2D eigenvalue weighted by atomic mass is 10.0. The molecule has 0 aliphatic rings. The van der Waals surface area contributed by atoms with E-state index in [2.05, 4.69) is 48.3 Å². The van der Waals surface area contributed by atoms with Gasteiger partial charge in [0.2, 0.25) is 0 Å². The first kappa shape index (κ1) is 20.0. The van der Waals surface area contributed by atoms with Gasteiger partial charge in [-0.05, 0) is 35.2 Å². The number of ether oxygens (including phenoxy) is 1. The maximum Gasteiger partial charge on any atom is 0.350 e. The molecule has 0 fully saturated rings. The first-order chi connectivity index (χ1) is 15.4. The van der Waals surface area contributed by atoms with Crippen LogP contribution in [-0.2, 0) is 6.54 Å². The Hall–Kier alpha value is -3.94. The average molecular weight is 431 g/mol. The average Bonchev–Trinajstić information content (AvgIpc) is 3.36. The summed E-state index contributed by atoms with van der Waals surface area (Å²) in [6, 6.07) is 14.8. The van der Waals surface area contributed by atoms with Crippen LogP contribution in [0.15, 0.2) is 65.7 Å². The standard InChI is InChI=1S/C24H22FN5O2/c1-15(2)17-5-7-18(8-6-17)20-13-21-23-27-30(24(31)28(23)10-11-29(21)26-20)14-16-4-9-22(32-3)19(25)12-16/h4-13,15H,14H2,1-3H3. The van der Waals surface area contributed by atoms with Crippen LogP contribution in [0.4, 0.5) is 4.39 Å². The number of aromatic nitrogens is 5. The zero-order chi connectivity index (χ0) is 22.4. The third kappa shape index (κ3) is 3.33. The number of hydrogen-bond acceptors (Lipinski definition) is 4. The predicted octanol–water partition coefficient (Wildman–Crippen LogP) is 4.13. The Labute approximate surface area is 183 Å². The Morgan fingerprint density at radius 3 is 2.50 bits per heavy atom. The van der Waals surface area contributed by atoms with Gasteiger partial charge in [0.1, 0.15) is 5.52 Å². The molecule has 2 aromatic carbocycles. The highest BCUT2D eigenvalue weighted by Gasteiger charge is 2.14. The van der Waals surface area contributed by atoms with Crippen molar-refractivity contribution in [2.24, 2.45) is 0 Å². The molecule has 0 atom stereocenters. The molecule has 0 spiro atoms. The topological polar surface area (TPSA) is 65.8 Å². The van der Waals surface area contributed by atoms with Crippen molar-refractivity contribution in [3.05, 3.63) is 88.4 Å². The van der Waals surface area contributed by atoms with E-state index in [1.807, 2.05) is 6.07 Å². The molecule has 0 saturated carbocycles. The second kappa shape index (κ2) is 7.64. The van der Waals surface area contributed by atoms with Crippen LogP contribution >= 0.6 is 0 Å². The van der Waals surface area contributed by atoms with Crippen molar-refractivity contribution in [2.75, 3.05) is 7.11 Å². The van der Waals surface area contributed by atoms with Crippen molar-refractivity contribution in [1.29, 1.82) is 0 Å². The second-order valence-corrected chi connectivity index (χ2v) is 8.04. The number of rotatable bonds is 5. The van der Waals surface area contributed by atoms with Crippen molar-refractivity contribution in [3.8, 4) is 17.0 Å². The van der Waals surface area contributed by atoms with Crippen molar-refractivity contribution < 1.29 is 9.13 Å². The molecule has 0 unspecified atom stereocenters. The smallest absolute Gasteiger partial charge is 0.350 e. The van der Waals surface area contributed by atoms with Crippen LogP contribution in [0.1, 0.15) is 30.9 Å². The Kier molecular flexibility index (Phi) is 4.77. The van der Waals surface area contributed by atoms with Gasteiger partial charge in [-0.1, -0.05) is 44.2 Å². The van der Waals surface area contributed by atoms with Crippen LogP contribution in [0.3, 0.4) is 0 Å². The second-order valence-electron chi connectivity index (χ2n) is 8.04. The SMILES string of the molecule is COc1ccc(Cn2nc3c4cc(-c5ccc(C(C)C)cc5)nn4ccn3c2=O)cc1F. The first-order valence-corrected chi connectivity index (χ1v) is 10.3. The molecule has 0 amide bonds. The summed E-state index contributed by atoms with van der Waals surface area (Å²) in [6.07, 6.45) is 3.37. The van der Waals surface area contributed by atoms with Gasteiger partial charge in [0, 0.05) is 18.0 Å². The first-order valence-electron chi connectivity index (χ1n) is 10.3. The van der Waals surface area contributed by atoms with Crippen LogP contribution in [0.5, 0.6) is 5.75 Å². The fourth-order valence-corrected chi connectivity index (χ4v) is 3.80. The minimum atomic E-state index is -0.479. The monoisotopic (exact) mass is 431 g/mol. The van der Waals surface area contributed by atoms with Crippen molar-refractivity contribution in [3.63, 3.8) is 0 Å². The maximum atomic E-state index is 14.0. The zero-order valence-electron chi connectivity index (χ0n) is 18.0. The number of fused-ring (bicyclic) bond motifs is 3. The van der Waals surface area contributed by atoms with Gasteiger partial charge in [-0.3, -0.25) is 0 Å². The third-order valence-electron chi connectivity index (χ3n) is 5.61. The van der Waals surface area contributed by atoms with Gasteiger partial charge in [0.05, 0.1) is 19.3 Å². The van der Waals surface area contributed by atoms with E-state index in [9.17, 15) is 9.18 Å². The molecule has 0 aliphatic carbocycles. The summed E-state index contributed by atoms with van der Waals surface area (Å²) < 4.78 is 23.5. The van der Waals surface area contributed by atoms with E-state index in [0.29, 0.717) is 22.6 Å². The number of hydrogen-bond donors (Lipinski definition) is 0. The summed E-state index contributed by atoms with van der Waals surface area (Å²) >= 11 is 0. The normalized spacial score (nSPS) is 11.7. The molecule has 8 heteroatoms. The highest BCUT2D eigenvalue weighted by atomic mass is 19.1. The van der Waals surface area contributed by atoms with E-state index in [4.69, 9.17) is 4.74 Å². The largest absolute Gasteiger partial charge is 0.494 e. The van der Waals surface area contributed by atoms with E-state index in [1.54, 1.807) is 23.0 Å². The minimum absolute atomic E-state index is 0.144. The highest BCUT2D eigenvalue weighted by molar-refractivity contribution is 5.76. The molecule has 0 bridgehead atoms. The summed E-state index contributed by atoms with van der Waals surface area (Å²) in [6.45, 7) is 4.46. The summed E-state index contributed by atoms with van der Waals surface area (Å²) in [5.41, 5.74) is 4.57. The molecule has 3 aromatic heterocycles. The molecule has 0 N–H and O–H groups in total. The van der Waals surface area contributed by atoms with E-state index < -0.39 is 5.82 Å². The third-order valence-corrected chi connectivity index (χ3v) is 5.61. The fraction of sp³-hybridized carbons (Fsp3) is 0.208. The molecular formula is C24H22FN5O2. The number of halogens is 1. The number of methoxy groups -OCH3 is 1. The molecule has 5 rings (SSSR count). The van der Waals surface area contributed by atoms with Gasteiger partial charge in [0.25, 0.3) is 0 Å². The molecule has 5 aromatic rings. The van der Waals surface area contributed by atoms with E-state index in [1.165, 1.54) is 33.9 Å². The molecule has 0 saturated heterocycles. The van der Waals surface area contributed by atoms with Crippen LogP contribution in [0, 0.1) is 5.82 Å². The Bertz CT molecular complexity index is 1500. The lowest BCUT2D eigenvalue weighted by Gasteiger charge is -2.05. The number of benzene rings is 2. The molecule has 7 nitrogen and oxygen atoms in total. The van der Waals surface area contributed by atoms with Gasteiger partial charge in [-0.25, -0.2) is 22.8 Å². The highest BCUT2D eigenvalue weighted by Crippen LogP contribution is 2.24. The molecule has 0 radical (unpaired) electrons. The lowest BCUT2D eigenvalue weighted by molar-refractivity contribution is 0.386.